The predicted octanol–water partition coefficient (Wildman–Crippen LogP) is 3.55. The maximum atomic E-state index is 12.6. The number of pyridine rings is 1. The molecule has 6 heteroatoms. The number of carboxylic acids is 1. The molecule has 2 atom stereocenters. The fourth-order valence-corrected chi connectivity index (χ4v) is 4.97. The van der Waals surface area contributed by atoms with Crippen molar-refractivity contribution in [3.05, 3.63) is 65.0 Å². The lowest BCUT2D eigenvalue weighted by molar-refractivity contribution is -0.143. The Labute approximate surface area is 190 Å². The number of aromatic nitrogens is 1. The summed E-state index contributed by atoms with van der Waals surface area (Å²) in [6, 6.07) is 10.9. The standard InChI is InChI=1S/C26H33N3O3/c30-25(22-13-15-29(18-22)24(26(31)32)20-9-2-1-3-10-20)27-14-7-6-8-19-16-21-11-4-5-12-23(21)28-17-19/h1-3,9-10,16-17,22,24H,4-8,11-15,18H2,(H,27,30)(H,31,32)/t22-,24-/m1/s1. The summed E-state index contributed by atoms with van der Waals surface area (Å²) in [7, 11) is 0. The van der Waals surface area contributed by atoms with E-state index in [9.17, 15) is 14.7 Å². The van der Waals surface area contributed by atoms with Gasteiger partial charge in [-0.1, -0.05) is 36.4 Å². The van der Waals surface area contributed by atoms with Gasteiger partial charge in [0.2, 0.25) is 5.91 Å². The van der Waals surface area contributed by atoms with E-state index in [1.165, 1.54) is 29.7 Å². The molecule has 2 N–H and O–H groups in total. The van der Waals surface area contributed by atoms with Crippen molar-refractivity contribution < 1.29 is 14.7 Å². The first kappa shape index (κ1) is 22.5. The van der Waals surface area contributed by atoms with Crippen LogP contribution in [0.4, 0.5) is 0 Å². The molecule has 0 bridgehead atoms. The lowest BCUT2D eigenvalue weighted by Gasteiger charge is -2.24. The van der Waals surface area contributed by atoms with Gasteiger partial charge in [-0.2, -0.15) is 0 Å². The molecular formula is C26H33N3O3. The smallest absolute Gasteiger partial charge is 0.325 e. The van der Waals surface area contributed by atoms with Gasteiger partial charge in [0.15, 0.2) is 0 Å². The van der Waals surface area contributed by atoms with Crippen molar-refractivity contribution in [1.29, 1.82) is 0 Å². The fourth-order valence-electron chi connectivity index (χ4n) is 4.97. The molecule has 0 spiro atoms. The molecule has 6 nitrogen and oxygen atoms in total. The number of benzene rings is 1. The molecule has 1 saturated heterocycles. The number of aryl methyl sites for hydroxylation is 3. The summed E-state index contributed by atoms with van der Waals surface area (Å²) < 4.78 is 0. The Kier molecular flexibility index (Phi) is 7.53. The van der Waals surface area contributed by atoms with Crippen molar-refractivity contribution in [2.75, 3.05) is 19.6 Å². The van der Waals surface area contributed by atoms with E-state index >= 15 is 0 Å². The number of rotatable bonds is 9. The molecule has 2 heterocycles. The van der Waals surface area contributed by atoms with E-state index in [1.54, 1.807) is 0 Å². The molecule has 170 valence electrons. The Morgan fingerprint density at radius 2 is 1.97 bits per heavy atom. The third-order valence-electron chi connectivity index (χ3n) is 6.72. The molecule has 1 aromatic carbocycles. The van der Waals surface area contributed by atoms with E-state index in [4.69, 9.17) is 0 Å². The fraction of sp³-hybridized carbons (Fsp3) is 0.500. The molecule has 1 aliphatic carbocycles. The van der Waals surface area contributed by atoms with Gasteiger partial charge in [-0.05, 0) is 68.1 Å². The number of hydrogen-bond acceptors (Lipinski definition) is 4. The van der Waals surface area contributed by atoms with E-state index in [1.807, 2.05) is 41.4 Å². The highest BCUT2D eigenvalue weighted by molar-refractivity contribution is 5.80. The van der Waals surface area contributed by atoms with E-state index in [-0.39, 0.29) is 11.8 Å². The van der Waals surface area contributed by atoms with Gasteiger partial charge in [0.1, 0.15) is 6.04 Å². The molecule has 1 aromatic heterocycles. The average molecular weight is 436 g/mol. The molecule has 4 rings (SSSR count). The molecule has 1 fully saturated rings. The summed E-state index contributed by atoms with van der Waals surface area (Å²) in [4.78, 5) is 31.0. The van der Waals surface area contributed by atoms with Crippen molar-refractivity contribution in [1.82, 2.24) is 15.2 Å². The molecule has 0 unspecified atom stereocenters. The molecule has 2 aliphatic rings. The van der Waals surface area contributed by atoms with Crippen LogP contribution < -0.4 is 5.32 Å². The summed E-state index contributed by atoms with van der Waals surface area (Å²) in [5.74, 6) is -0.973. The summed E-state index contributed by atoms with van der Waals surface area (Å²) in [6.07, 6.45) is 10.4. The Bertz CT molecular complexity index is 931. The number of carbonyl (C=O) groups is 2. The van der Waals surface area contributed by atoms with Crippen LogP contribution in [0.15, 0.2) is 42.6 Å². The molecule has 0 saturated carbocycles. The lowest BCUT2D eigenvalue weighted by Crippen LogP contribution is -2.36. The zero-order valence-electron chi connectivity index (χ0n) is 18.6. The van der Waals surface area contributed by atoms with Crippen LogP contribution in [-0.2, 0) is 28.9 Å². The second kappa shape index (κ2) is 10.7. The van der Waals surface area contributed by atoms with Gasteiger partial charge < -0.3 is 10.4 Å². The van der Waals surface area contributed by atoms with Crippen LogP contribution in [0.25, 0.3) is 0 Å². The zero-order valence-corrected chi connectivity index (χ0v) is 18.6. The minimum Gasteiger partial charge on any atom is -0.480 e. The first-order chi connectivity index (χ1) is 15.6. The maximum Gasteiger partial charge on any atom is 0.325 e. The molecule has 1 amide bonds. The minimum atomic E-state index is -0.867. The molecule has 32 heavy (non-hydrogen) atoms. The van der Waals surface area contributed by atoms with E-state index in [2.05, 4.69) is 16.4 Å². The number of unbranched alkanes of at least 4 members (excludes halogenated alkanes) is 1. The van der Waals surface area contributed by atoms with E-state index < -0.39 is 12.0 Å². The molecular weight excluding hydrogens is 402 g/mol. The summed E-state index contributed by atoms with van der Waals surface area (Å²) in [6.45, 7) is 1.77. The zero-order chi connectivity index (χ0) is 22.3. The number of hydrogen-bond donors (Lipinski definition) is 2. The van der Waals surface area contributed by atoms with Crippen LogP contribution in [-0.4, -0.2) is 46.5 Å². The summed E-state index contributed by atoms with van der Waals surface area (Å²) in [5.41, 5.74) is 4.75. The van der Waals surface area contributed by atoms with Crippen LogP contribution in [0.2, 0.25) is 0 Å². The van der Waals surface area contributed by atoms with Crippen molar-refractivity contribution >= 4 is 11.9 Å². The Hall–Kier alpha value is -2.73. The highest BCUT2D eigenvalue weighted by atomic mass is 16.4. The van der Waals surface area contributed by atoms with Crippen LogP contribution >= 0.6 is 0 Å². The topological polar surface area (TPSA) is 82.5 Å². The lowest BCUT2D eigenvalue weighted by atomic mass is 9.94. The van der Waals surface area contributed by atoms with Crippen LogP contribution in [0.3, 0.4) is 0 Å². The van der Waals surface area contributed by atoms with Gasteiger partial charge in [0, 0.05) is 31.5 Å². The van der Waals surface area contributed by atoms with Gasteiger partial charge in [-0.25, -0.2) is 0 Å². The maximum absolute atomic E-state index is 12.6. The van der Waals surface area contributed by atoms with Gasteiger partial charge in [-0.15, -0.1) is 0 Å². The Morgan fingerprint density at radius 3 is 2.78 bits per heavy atom. The third-order valence-corrected chi connectivity index (χ3v) is 6.72. The van der Waals surface area contributed by atoms with Crippen molar-refractivity contribution in [2.45, 2.75) is 57.4 Å². The van der Waals surface area contributed by atoms with E-state index in [0.29, 0.717) is 26.1 Å². The van der Waals surface area contributed by atoms with Crippen molar-refractivity contribution in [3.8, 4) is 0 Å². The average Bonchev–Trinajstić information content (AvgIpc) is 3.29. The number of carboxylic acid groups (broad SMARTS) is 1. The number of amides is 1. The van der Waals surface area contributed by atoms with Crippen molar-refractivity contribution in [2.24, 2.45) is 5.92 Å². The van der Waals surface area contributed by atoms with Crippen LogP contribution in [0.5, 0.6) is 0 Å². The number of aliphatic carboxylic acids is 1. The van der Waals surface area contributed by atoms with Crippen LogP contribution in [0, 0.1) is 5.92 Å². The largest absolute Gasteiger partial charge is 0.480 e. The summed E-state index contributed by atoms with van der Waals surface area (Å²) in [5, 5.41) is 12.8. The Morgan fingerprint density at radius 1 is 1.16 bits per heavy atom. The minimum absolute atomic E-state index is 0.0418. The second-order valence-electron chi connectivity index (χ2n) is 9.04. The monoisotopic (exact) mass is 435 g/mol. The molecule has 2 aromatic rings. The highest BCUT2D eigenvalue weighted by Gasteiger charge is 2.36. The molecule has 1 aliphatic heterocycles. The van der Waals surface area contributed by atoms with Gasteiger partial charge in [0.05, 0.1) is 5.92 Å². The van der Waals surface area contributed by atoms with Gasteiger partial charge >= 0.3 is 5.97 Å². The normalized spacial score (nSPS) is 19.3. The number of likely N-dealkylation sites (tertiary alicyclic amines) is 1. The first-order valence-corrected chi connectivity index (χ1v) is 11.9. The van der Waals surface area contributed by atoms with Gasteiger partial charge in [-0.3, -0.25) is 19.5 Å². The molecule has 0 radical (unpaired) electrons. The van der Waals surface area contributed by atoms with Crippen molar-refractivity contribution in [3.63, 3.8) is 0 Å². The third kappa shape index (κ3) is 5.54. The van der Waals surface area contributed by atoms with Crippen LogP contribution in [0.1, 0.15) is 60.5 Å². The number of nitrogens with zero attached hydrogens (tertiary/aromatic N) is 2. The first-order valence-electron chi connectivity index (χ1n) is 11.9. The van der Waals surface area contributed by atoms with Gasteiger partial charge in [0.25, 0.3) is 0 Å². The summed E-state index contributed by atoms with van der Waals surface area (Å²) >= 11 is 0. The highest BCUT2D eigenvalue weighted by Crippen LogP contribution is 2.28. The number of fused-ring (bicyclic) bond motifs is 1. The SMILES string of the molecule is O=C(NCCCCc1cnc2c(c1)CCCC2)[C@@H]1CCN([C@@H](C(=O)O)c2ccccc2)C1. The van der Waals surface area contributed by atoms with E-state index in [0.717, 1.165) is 37.7 Å². The second-order valence-corrected chi connectivity index (χ2v) is 9.04. The predicted molar refractivity (Wildman–Crippen MR) is 123 cm³/mol. The Balaban J connectivity index is 1.19. The number of carbonyl (C=O) groups excluding carboxylic acids is 1. The number of nitrogens with one attached hydrogen (secondary N) is 1. The quantitative estimate of drug-likeness (QED) is 0.589.